The Morgan fingerprint density at radius 2 is 2.05 bits per heavy atom. The molecule has 3 rings (SSSR count). The van der Waals surface area contributed by atoms with Crippen molar-refractivity contribution in [2.45, 2.75) is 38.6 Å². The molecule has 0 aromatic carbocycles. The van der Waals surface area contributed by atoms with Gasteiger partial charge >= 0.3 is 0 Å². The molecule has 1 aromatic rings. The SMILES string of the molecule is Cc1nc(C2CC2)[nH]c(=O)c1C(=O)N1CCNC(=O)C1C. The van der Waals surface area contributed by atoms with Gasteiger partial charge in [0, 0.05) is 19.0 Å². The zero-order chi connectivity index (χ0) is 15.1. The first-order chi connectivity index (χ1) is 9.99. The summed E-state index contributed by atoms with van der Waals surface area (Å²) in [7, 11) is 0. The molecule has 0 spiro atoms. The van der Waals surface area contributed by atoms with Crippen LogP contribution in [0, 0.1) is 6.92 Å². The van der Waals surface area contributed by atoms with E-state index in [1.54, 1.807) is 13.8 Å². The number of H-pyrrole nitrogens is 1. The average Bonchev–Trinajstić information content (AvgIpc) is 3.25. The third kappa shape index (κ3) is 2.43. The maximum absolute atomic E-state index is 12.6. The van der Waals surface area contributed by atoms with Crippen LogP contribution in [0.1, 0.15) is 47.6 Å². The summed E-state index contributed by atoms with van der Waals surface area (Å²) in [5.74, 6) is 0.357. The second-order valence-electron chi connectivity index (χ2n) is 5.65. The Kier molecular flexibility index (Phi) is 3.27. The number of nitrogens with one attached hydrogen (secondary N) is 2. The quantitative estimate of drug-likeness (QED) is 0.796. The highest BCUT2D eigenvalue weighted by atomic mass is 16.2. The Hall–Kier alpha value is -2.18. The van der Waals surface area contributed by atoms with Crippen LogP contribution in [0.2, 0.25) is 0 Å². The number of carbonyl (C=O) groups is 2. The number of nitrogens with zero attached hydrogens (tertiary/aromatic N) is 2. The van der Waals surface area contributed by atoms with Crippen LogP contribution in [-0.4, -0.2) is 45.8 Å². The molecular formula is C14H18N4O3. The van der Waals surface area contributed by atoms with Crippen molar-refractivity contribution in [3.63, 3.8) is 0 Å². The fraction of sp³-hybridized carbons (Fsp3) is 0.571. The topological polar surface area (TPSA) is 95.2 Å². The Balaban J connectivity index is 1.94. The lowest BCUT2D eigenvalue weighted by Gasteiger charge is -2.32. The highest BCUT2D eigenvalue weighted by Crippen LogP contribution is 2.37. The first-order valence-corrected chi connectivity index (χ1v) is 7.18. The standard InChI is InChI=1S/C14H18N4O3/c1-7-10(13(20)17-11(16-7)9-3-4-9)14(21)18-6-5-15-12(19)8(18)2/h8-9H,3-6H2,1-2H3,(H,15,19)(H,16,17,20). The first kappa shape index (κ1) is 13.8. The Morgan fingerprint density at radius 1 is 1.33 bits per heavy atom. The van der Waals surface area contributed by atoms with Crippen molar-refractivity contribution >= 4 is 11.8 Å². The van der Waals surface area contributed by atoms with Gasteiger partial charge in [0.05, 0.1) is 5.69 Å². The summed E-state index contributed by atoms with van der Waals surface area (Å²) in [5, 5.41) is 2.70. The zero-order valence-corrected chi connectivity index (χ0v) is 12.1. The largest absolute Gasteiger partial charge is 0.353 e. The molecule has 2 N–H and O–H groups in total. The van der Waals surface area contributed by atoms with Gasteiger partial charge in [-0.3, -0.25) is 14.4 Å². The summed E-state index contributed by atoms with van der Waals surface area (Å²) < 4.78 is 0. The van der Waals surface area contributed by atoms with Crippen LogP contribution in [-0.2, 0) is 4.79 Å². The third-order valence-electron chi connectivity index (χ3n) is 4.06. The van der Waals surface area contributed by atoms with Crippen molar-refractivity contribution in [1.29, 1.82) is 0 Å². The summed E-state index contributed by atoms with van der Waals surface area (Å²) in [4.78, 5) is 44.9. The van der Waals surface area contributed by atoms with Gasteiger partial charge in [0.2, 0.25) is 5.91 Å². The van der Waals surface area contributed by atoms with E-state index in [0.717, 1.165) is 12.8 Å². The summed E-state index contributed by atoms with van der Waals surface area (Å²) in [5.41, 5.74) is 0.0670. The molecule has 112 valence electrons. The molecule has 2 amide bonds. The zero-order valence-electron chi connectivity index (χ0n) is 12.1. The number of rotatable bonds is 2. The number of aromatic nitrogens is 2. The lowest BCUT2D eigenvalue weighted by atomic mass is 10.1. The molecule has 7 heteroatoms. The van der Waals surface area contributed by atoms with E-state index < -0.39 is 17.5 Å². The van der Waals surface area contributed by atoms with Crippen molar-refractivity contribution in [2.75, 3.05) is 13.1 Å². The van der Waals surface area contributed by atoms with Crippen LogP contribution in [0.3, 0.4) is 0 Å². The molecule has 1 aliphatic carbocycles. The molecular weight excluding hydrogens is 272 g/mol. The summed E-state index contributed by atoms with van der Waals surface area (Å²) in [6.07, 6.45) is 2.05. The molecule has 21 heavy (non-hydrogen) atoms. The van der Waals surface area contributed by atoms with Crippen molar-refractivity contribution < 1.29 is 9.59 Å². The minimum atomic E-state index is -0.576. The van der Waals surface area contributed by atoms with Gasteiger partial charge in [0.15, 0.2) is 0 Å². The van der Waals surface area contributed by atoms with Crippen LogP contribution in [0.5, 0.6) is 0 Å². The van der Waals surface area contributed by atoms with Crippen LogP contribution in [0.4, 0.5) is 0 Å². The number of aromatic amines is 1. The van der Waals surface area contributed by atoms with Gasteiger partial charge in [0.25, 0.3) is 11.5 Å². The molecule has 1 unspecified atom stereocenters. The summed E-state index contributed by atoms with van der Waals surface area (Å²) >= 11 is 0. The highest BCUT2D eigenvalue weighted by Gasteiger charge is 2.33. The second kappa shape index (κ2) is 4.98. The molecule has 1 saturated heterocycles. The van der Waals surface area contributed by atoms with Gasteiger partial charge in [-0.2, -0.15) is 0 Å². The number of hydrogen-bond acceptors (Lipinski definition) is 4. The van der Waals surface area contributed by atoms with E-state index >= 15 is 0 Å². The smallest absolute Gasteiger partial charge is 0.264 e. The van der Waals surface area contributed by atoms with Crippen LogP contribution < -0.4 is 10.9 Å². The normalized spacial score (nSPS) is 22.1. The molecule has 0 radical (unpaired) electrons. The fourth-order valence-corrected chi connectivity index (χ4v) is 2.61. The molecule has 2 heterocycles. The maximum Gasteiger partial charge on any atom is 0.264 e. The number of amides is 2. The number of piperazine rings is 1. The molecule has 2 fully saturated rings. The van der Waals surface area contributed by atoms with E-state index in [2.05, 4.69) is 15.3 Å². The molecule has 2 aliphatic rings. The van der Waals surface area contributed by atoms with Crippen LogP contribution >= 0.6 is 0 Å². The van der Waals surface area contributed by atoms with E-state index in [1.807, 2.05) is 0 Å². The molecule has 0 bridgehead atoms. The maximum atomic E-state index is 12.6. The van der Waals surface area contributed by atoms with Gasteiger partial charge in [-0.05, 0) is 26.7 Å². The predicted octanol–water partition coefficient (Wildman–Crippen LogP) is -0.0838. The summed E-state index contributed by atoms with van der Waals surface area (Å²) in [6, 6.07) is -0.576. The Bertz CT molecular complexity index is 663. The Labute approximate surface area is 121 Å². The Morgan fingerprint density at radius 3 is 2.67 bits per heavy atom. The molecule has 1 aromatic heterocycles. The van der Waals surface area contributed by atoms with Gasteiger partial charge < -0.3 is 15.2 Å². The average molecular weight is 290 g/mol. The number of hydrogen-bond donors (Lipinski definition) is 2. The predicted molar refractivity (Wildman–Crippen MR) is 75.1 cm³/mol. The highest BCUT2D eigenvalue weighted by molar-refractivity contribution is 5.98. The van der Waals surface area contributed by atoms with E-state index in [9.17, 15) is 14.4 Å². The monoisotopic (exact) mass is 290 g/mol. The van der Waals surface area contributed by atoms with E-state index in [4.69, 9.17) is 0 Å². The van der Waals surface area contributed by atoms with E-state index in [0.29, 0.717) is 30.5 Å². The van der Waals surface area contributed by atoms with Gasteiger partial charge in [0.1, 0.15) is 17.4 Å². The van der Waals surface area contributed by atoms with Crippen molar-refractivity contribution in [3.05, 3.63) is 27.4 Å². The minimum Gasteiger partial charge on any atom is -0.353 e. The van der Waals surface area contributed by atoms with Crippen molar-refractivity contribution in [1.82, 2.24) is 20.2 Å². The number of carbonyl (C=O) groups excluding carboxylic acids is 2. The number of aryl methyl sites for hydroxylation is 1. The third-order valence-corrected chi connectivity index (χ3v) is 4.06. The molecule has 1 saturated carbocycles. The van der Waals surface area contributed by atoms with Gasteiger partial charge in [-0.15, -0.1) is 0 Å². The molecule has 7 nitrogen and oxygen atoms in total. The summed E-state index contributed by atoms with van der Waals surface area (Å²) in [6.45, 7) is 4.12. The van der Waals surface area contributed by atoms with E-state index in [1.165, 1.54) is 4.90 Å². The lowest BCUT2D eigenvalue weighted by Crippen LogP contribution is -2.56. The van der Waals surface area contributed by atoms with Crippen molar-refractivity contribution in [2.24, 2.45) is 0 Å². The first-order valence-electron chi connectivity index (χ1n) is 7.18. The fourth-order valence-electron chi connectivity index (χ4n) is 2.61. The lowest BCUT2D eigenvalue weighted by molar-refractivity contribution is -0.127. The minimum absolute atomic E-state index is 0.0425. The van der Waals surface area contributed by atoms with Crippen LogP contribution in [0.15, 0.2) is 4.79 Å². The van der Waals surface area contributed by atoms with Gasteiger partial charge in [-0.1, -0.05) is 0 Å². The molecule has 1 aliphatic heterocycles. The van der Waals surface area contributed by atoms with Crippen LogP contribution in [0.25, 0.3) is 0 Å². The molecule has 1 atom stereocenters. The van der Waals surface area contributed by atoms with Gasteiger partial charge in [-0.25, -0.2) is 4.98 Å². The van der Waals surface area contributed by atoms with Crippen molar-refractivity contribution in [3.8, 4) is 0 Å². The second-order valence-corrected chi connectivity index (χ2v) is 5.65. The van der Waals surface area contributed by atoms with E-state index in [-0.39, 0.29) is 11.5 Å².